The van der Waals surface area contributed by atoms with Crippen molar-refractivity contribution < 1.29 is 4.79 Å². The maximum Gasteiger partial charge on any atom is 0.228 e. The summed E-state index contributed by atoms with van der Waals surface area (Å²) in [5.74, 6) is 0.845. The molecule has 1 amide bonds. The lowest BCUT2D eigenvalue weighted by atomic mass is 10.2. The molecule has 24 heavy (non-hydrogen) atoms. The topological polar surface area (TPSA) is 63.9 Å². The minimum atomic E-state index is 0.155. The van der Waals surface area contributed by atoms with Gasteiger partial charge in [-0.05, 0) is 40.9 Å². The van der Waals surface area contributed by atoms with Gasteiger partial charge in [-0.15, -0.1) is 32.9 Å². The van der Waals surface area contributed by atoms with Crippen molar-refractivity contribution in [3.8, 4) is 10.7 Å². The Hall–Kier alpha value is -2.06. The second-order valence-corrected chi connectivity index (χ2v) is 7.76. The summed E-state index contributed by atoms with van der Waals surface area (Å²) < 4.78 is 0. The van der Waals surface area contributed by atoms with Crippen LogP contribution in [0.15, 0.2) is 35.0 Å². The highest BCUT2D eigenvalue weighted by atomic mass is 32.1. The second-order valence-electron chi connectivity index (χ2n) is 5.78. The van der Waals surface area contributed by atoms with Crippen LogP contribution in [0.1, 0.15) is 17.7 Å². The first-order valence-electron chi connectivity index (χ1n) is 7.93. The third-order valence-corrected chi connectivity index (χ3v) is 5.91. The summed E-state index contributed by atoms with van der Waals surface area (Å²) in [6, 6.07) is 8.11. The van der Waals surface area contributed by atoms with Crippen LogP contribution in [-0.2, 0) is 17.8 Å². The molecule has 1 aliphatic heterocycles. The van der Waals surface area contributed by atoms with Gasteiger partial charge < -0.3 is 4.90 Å². The predicted octanol–water partition coefficient (Wildman–Crippen LogP) is 2.70. The van der Waals surface area contributed by atoms with Gasteiger partial charge in [0.15, 0.2) is 0 Å². The van der Waals surface area contributed by atoms with Crippen molar-refractivity contribution in [2.24, 2.45) is 0 Å². The van der Waals surface area contributed by atoms with Gasteiger partial charge in [0, 0.05) is 11.4 Å². The number of amides is 1. The summed E-state index contributed by atoms with van der Waals surface area (Å²) in [4.78, 5) is 18.3. The molecular formula is C16H17N5OS2. The molecule has 1 aliphatic rings. The van der Waals surface area contributed by atoms with Crippen LogP contribution in [0, 0.1) is 0 Å². The zero-order valence-corrected chi connectivity index (χ0v) is 14.7. The van der Waals surface area contributed by atoms with Crippen LogP contribution in [0.25, 0.3) is 10.7 Å². The van der Waals surface area contributed by atoms with E-state index in [1.807, 2.05) is 39.9 Å². The lowest BCUT2D eigenvalue weighted by Crippen LogP contribution is -2.39. The Labute approximate surface area is 147 Å². The van der Waals surface area contributed by atoms with Crippen LogP contribution in [0.5, 0.6) is 0 Å². The van der Waals surface area contributed by atoms with Crippen molar-refractivity contribution in [1.82, 2.24) is 25.1 Å². The van der Waals surface area contributed by atoms with Crippen LogP contribution in [0.2, 0.25) is 0 Å². The first kappa shape index (κ1) is 15.5. The van der Waals surface area contributed by atoms with Crippen molar-refractivity contribution in [2.45, 2.75) is 31.8 Å². The molecule has 3 aromatic rings. The van der Waals surface area contributed by atoms with Gasteiger partial charge >= 0.3 is 0 Å². The van der Waals surface area contributed by atoms with Crippen molar-refractivity contribution in [1.29, 1.82) is 0 Å². The number of rotatable bonds is 5. The van der Waals surface area contributed by atoms with E-state index in [1.165, 1.54) is 0 Å². The number of hydrogen-bond donors (Lipinski definition) is 0. The molecule has 124 valence electrons. The van der Waals surface area contributed by atoms with Crippen molar-refractivity contribution >= 4 is 28.6 Å². The quantitative estimate of drug-likeness (QED) is 0.703. The van der Waals surface area contributed by atoms with E-state index in [9.17, 15) is 4.79 Å². The molecule has 0 saturated carbocycles. The molecule has 4 heterocycles. The van der Waals surface area contributed by atoms with Crippen molar-refractivity contribution in [2.75, 3.05) is 6.54 Å². The highest BCUT2D eigenvalue weighted by Crippen LogP contribution is 2.22. The molecular weight excluding hydrogens is 342 g/mol. The largest absolute Gasteiger partial charge is 0.337 e. The third kappa shape index (κ3) is 3.25. The van der Waals surface area contributed by atoms with Crippen LogP contribution < -0.4 is 0 Å². The number of aromatic nitrogens is 4. The van der Waals surface area contributed by atoms with E-state index >= 15 is 0 Å². The van der Waals surface area contributed by atoms with E-state index in [-0.39, 0.29) is 11.9 Å². The fraction of sp³-hybridized carbons (Fsp3) is 0.375. The van der Waals surface area contributed by atoms with E-state index in [0.29, 0.717) is 18.8 Å². The number of carbonyl (C=O) groups excluding carboxylic acids is 1. The Kier molecular flexibility index (Phi) is 4.40. The number of likely N-dealkylation sites (tertiary alicyclic amines) is 1. The van der Waals surface area contributed by atoms with Gasteiger partial charge in [0.25, 0.3) is 0 Å². The smallest absolute Gasteiger partial charge is 0.228 e. The molecule has 0 aliphatic carbocycles. The highest BCUT2D eigenvalue weighted by Gasteiger charge is 2.29. The molecule has 1 fully saturated rings. The molecule has 0 spiro atoms. The van der Waals surface area contributed by atoms with E-state index in [1.54, 1.807) is 27.5 Å². The molecule has 0 aromatic carbocycles. The molecule has 0 unspecified atom stereocenters. The monoisotopic (exact) mass is 359 g/mol. The molecule has 1 atom stereocenters. The van der Waals surface area contributed by atoms with Crippen LogP contribution in [0.3, 0.4) is 0 Å². The fourth-order valence-electron chi connectivity index (χ4n) is 3.03. The number of tetrazole rings is 1. The molecule has 4 rings (SSSR count). The lowest BCUT2D eigenvalue weighted by molar-refractivity contribution is -0.131. The molecule has 8 heteroatoms. The number of carbonyl (C=O) groups is 1. The molecule has 3 aromatic heterocycles. The van der Waals surface area contributed by atoms with E-state index in [0.717, 1.165) is 29.1 Å². The number of thiophene rings is 2. The third-order valence-electron chi connectivity index (χ3n) is 4.17. The average molecular weight is 359 g/mol. The number of hydrogen-bond acceptors (Lipinski definition) is 6. The van der Waals surface area contributed by atoms with Gasteiger partial charge in [-0.25, -0.2) is 0 Å². The van der Waals surface area contributed by atoms with Crippen molar-refractivity contribution in [3.63, 3.8) is 0 Å². The van der Waals surface area contributed by atoms with E-state index in [2.05, 4.69) is 15.4 Å². The predicted molar refractivity (Wildman–Crippen MR) is 93.9 cm³/mol. The Bertz CT molecular complexity index is 796. The molecule has 0 radical (unpaired) electrons. The van der Waals surface area contributed by atoms with Crippen LogP contribution >= 0.6 is 22.7 Å². The van der Waals surface area contributed by atoms with E-state index in [4.69, 9.17) is 0 Å². The highest BCUT2D eigenvalue weighted by molar-refractivity contribution is 7.13. The van der Waals surface area contributed by atoms with Gasteiger partial charge in [-0.1, -0.05) is 12.1 Å². The molecule has 6 nitrogen and oxygen atoms in total. The van der Waals surface area contributed by atoms with Crippen LogP contribution in [0.4, 0.5) is 0 Å². The molecule has 0 bridgehead atoms. The Balaban J connectivity index is 1.42. The average Bonchev–Trinajstić information content (AvgIpc) is 3.36. The van der Waals surface area contributed by atoms with Crippen molar-refractivity contribution in [3.05, 3.63) is 39.9 Å². The normalized spacial score (nSPS) is 17.5. The summed E-state index contributed by atoms with van der Waals surface area (Å²) in [5, 5.41) is 16.7. The summed E-state index contributed by atoms with van der Waals surface area (Å²) in [7, 11) is 0. The summed E-state index contributed by atoms with van der Waals surface area (Å²) >= 11 is 3.23. The Morgan fingerprint density at radius 2 is 2.12 bits per heavy atom. The van der Waals surface area contributed by atoms with Gasteiger partial charge in [-0.3, -0.25) is 4.79 Å². The summed E-state index contributed by atoms with van der Waals surface area (Å²) in [6.07, 6.45) is 2.51. The zero-order chi connectivity index (χ0) is 16.4. The first-order chi connectivity index (χ1) is 11.8. The first-order valence-corrected chi connectivity index (χ1v) is 9.69. The minimum Gasteiger partial charge on any atom is -0.337 e. The van der Waals surface area contributed by atoms with E-state index < -0.39 is 0 Å². The van der Waals surface area contributed by atoms with Gasteiger partial charge in [-0.2, -0.15) is 4.80 Å². The molecule has 0 N–H and O–H groups in total. The molecule has 1 saturated heterocycles. The van der Waals surface area contributed by atoms with Gasteiger partial charge in [0.05, 0.1) is 23.9 Å². The minimum absolute atomic E-state index is 0.155. The maximum absolute atomic E-state index is 12.6. The zero-order valence-electron chi connectivity index (χ0n) is 13.0. The standard InChI is InChI=1S/C16H17N5OS2/c22-15(10-13-5-2-8-23-13)20-7-1-4-12(20)11-21-18-16(17-19-21)14-6-3-9-24-14/h2-3,5-6,8-9,12H,1,4,7,10-11H2/t12-/m1/s1. The fourth-order valence-corrected chi connectivity index (χ4v) is 4.37. The number of nitrogens with zero attached hydrogens (tertiary/aromatic N) is 5. The summed E-state index contributed by atoms with van der Waals surface area (Å²) in [6.45, 7) is 1.43. The Morgan fingerprint density at radius 3 is 2.92 bits per heavy atom. The van der Waals surface area contributed by atoms with Gasteiger partial charge in [0.1, 0.15) is 0 Å². The second kappa shape index (κ2) is 6.82. The Morgan fingerprint density at radius 1 is 1.25 bits per heavy atom. The SMILES string of the molecule is O=C(Cc1cccs1)N1CCC[C@@H]1Cn1nnc(-c2cccs2)n1. The lowest BCUT2D eigenvalue weighted by Gasteiger charge is -2.23. The van der Waals surface area contributed by atoms with Gasteiger partial charge in [0.2, 0.25) is 11.7 Å². The van der Waals surface area contributed by atoms with Crippen LogP contribution in [-0.4, -0.2) is 43.6 Å². The maximum atomic E-state index is 12.6. The summed E-state index contributed by atoms with van der Waals surface area (Å²) in [5.41, 5.74) is 0.